The molecule has 2 aliphatic rings. The molecular weight excluding hydrogens is 396 g/mol. The number of hydrogen-bond acceptors (Lipinski definition) is 0. The summed E-state index contributed by atoms with van der Waals surface area (Å²) in [4.78, 5) is 0. The maximum Gasteiger partial charge on any atom is 0.0118 e. The van der Waals surface area contributed by atoms with Crippen molar-refractivity contribution in [2.24, 2.45) is 5.41 Å². The van der Waals surface area contributed by atoms with E-state index in [1.807, 2.05) is 0 Å². The van der Waals surface area contributed by atoms with Gasteiger partial charge in [0.05, 0.1) is 0 Å². The zero-order valence-corrected chi connectivity index (χ0v) is 21.9. The van der Waals surface area contributed by atoms with Gasteiger partial charge >= 0.3 is 0 Å². The second-order valence-electron chi connectivity index (χ2n) is 11.0. The van der Waals surface area contributed by atoms with Crippen LogP contribution in [-0.2, 0) is 12.8 Å². The van der Waals surface area contributed by atoms with Crippen LogP contribution in [0.25, 0.3) is 12.2 Å². The van der Waals surface area contributed by atoms with Crippen LogP contribution in [0, 0.1) is 5.41 Å². The Hall–Kier alpha value is -2.08. The lowest BCUT2D eigenvalue weighted by Gasteiger charge is -2.42. The Kier molecular flexibility index (Phi) is 7.32. The lowest BCUT2D eigenvalue weighted by molar-refractivity contribution is 0.268. The average Bonchev–Trinajstić information content (AvgIpc) is 3.35. The molecule has 4 rings (SSSR count). The summed E-state index contributed by atoms with van der Waals surface area (Å²) in [7, 11) is 0. The first-order chi connectivity index (χ1) is 16.0. The van der Waals surface area contributed by atoms with Crippen LogP contribution < -0.4 is 0 Å². The van der Waals surface area contributed by atoms with Gasteiger partial charge in [-0.25, -0.2) is 0 Å². The fourth-order valence-electron chi connectivity index (χ4n) is 6.97. The summed E-state index contributed by atoms with van der Waals surface area (Å²) in [6.07, 6.45) is 14.8. The van der Waals surface area contributed by atoms with Crippen LogP contribution in [0.4, 0.5) is 0 Å². The summed E-state index contributed by atoms with van der Waals surface area (Å²) < 4.78 is 0. The molecular formula is C33H44. The molecule has 2 unspecified atom stereocenters. The fourth-order valence-corrected chi connectivity index (χ4v) is 6.97. The van der Waals surface area contributed by atoms with Gasteiger partial charge in [-0.15, -0.1) is 0 Å². The van der Waals surface area contributed by atoms with Crippen molar-refractivity contribution >= 4 is 12.2 Å². The summed E-state index contributed by atoms with van der Waals surface area (Å²) in [5.74, 6) is 0.991. The molecule has 2 atom stereocenters. The molecule has 0 heteroatoms. The molecule has 2 aromatic rings. The SMILES string of the molecule is CCCC1=Cc2c(CCC)cccc2C1C(C)(C)C1C(CCC)=Cc2c(CCC)cccc21. The van der Waals surface area contributed by atoms with Gasteiger partial charge in [0.15, 0.2) is 0 Å². The van der Waals surface area contributed by atoms with Crippen molar-refractivity contribution in [2.75, 3.05) is 0 Å². The first-order valence-electron chi connectivity index (χ1n) is 13.6. The summed E-state index contributed by atoms with van der Waals surface area (Å²) in [6.45, 7) is 14.4. The second-order valence-corrected chi connectivity index (χ2v) is 11.0. The van der Waals surface area contributed by atoms with Gasteiger partial charge in [-0.3, -0.25) is 0 Å². The van der Waals surface area contributed by atoms with Crippen molar-refractivity contribution in [3.63, 3.8) is 0 Å². The highest BCUT2D eigenvalue weighted by molar-refractivity contribution is 5.73. The van der Waals surface area contributed by atoms with E-state index in [1.165, 1.54) is 51.4 Å². The Morgan fingerprint density at radius 2 is 0.970 bits per heavy atom. The Morgan fingerprint density at radius 3 is 1.33 bits per heavy atom. The average molecular weight is 441 g/mol. The summed E-state index contributed by atoms with van der Waals surface area (Å²) in [6, 6.07) is 14.2. The lowest BCUT2D eigenvalue weighted by atomic mass is 9.61. The van der Waals surface area contributed by atoms with Gasteiger partial charge in [-0.05, 0) is 64.5 Å². The number of aryl methyl sites for hydroxylation is 2. The van der Waals surface area contributed by atoms with Crippen molar-refractivity contribution in [1.29, 1.82) is 0 Å². The lowest BCUT2D eigenvalue weighted by Crippen LogP contribution is -2.30. The first kappa shape index (κ1) is 24.1. The normalized spacial score (nSPS) is 19.3. The van der Waals surface area contributed by atoms with E-state index < -0.39 is 0 Å². The van der Waals surface area contributed by atoms with Gasteiger partial charge in [0.2, 0.25) is 0 Å². The van der Waals surface area contributed by atoms with Gasteiger partial charge in [0, 0.05) is 11.8 Å². The zero-order valence-electron chi connectivity index (χ0n) is 21.9. The minimum absolute atomic E-state index is 0.133. The van der Waals surface area contributed by atoms with Crippen LogP contribution in [0.15, 0.2) is 47.5 Å². The quantitative estimate of drug-likeness (QED) is 0.345. The largest absolute Gasteiger partial charge is 0.0651 e. The minimum atomic E-state index is 0.133. The predicted octanol–water partition coefficient (Wildman–Crippen LogP) is 9.88. The maximum atomic E-state index is 2.59. The van der Waals surface area contributed by atoms with Crippen molar-refractivity contribution in [3.05, 3.63) is 80.9 Å². The van der Waals surface area contributed by atoms with E-state index in [0.717, 1.165) is 0 Å². The molecule has 33 heavy (non-hydrogen) atoms. The van der Waals surface area contributed by atoms with E-state index in [1.54, 1.807) is 44.5 Å². The Morgan fingerprint density at radius 1 is 0.576 bits per heavy atom. The highest BCUT2D eigenvalue weighted by atomic mass is 14.5. The molecule has 0 N–H and O–H groups in total. The maximum absolute atomic E-state index is 2.59. The number of rotatable bonds is 10. The number of fused-ring (bicyclic) bond motifs is 2. The molecule has 176 valence electrons. The van der Waals surface area contributed by atoms with Crippen molar-refractivity contribution in [2.45, 2.75) is 105 Å². The van der Waals surface area contributed by atoms with Crippen LogP contribution >= 0.6 is 0 Å². The zero-order chi connectivity index (χ0) is 23.6. The van der Waals surface area contributed by atoms with E-state index in [-0.39, 0.29) is 5.41 Å². The third-order valence-corrected chi connectivity index (χ3v) is 8.09. The van der Waals surface area contributed by atoms with Crippen molar-refractivity contribution in [1.82, 2.24) is 0 Å². The molecule has 0 aromatic heterocycles. The molecule has 0 fully saturated rings. The molecule has 0 bridgehead atoms. The monoisotopic (exact) mass is 440 g/mol. The van der Waals surface area contributed by atoms with Gasteiger partial charge in [-0.1, -0.05) is 127 Å². The first-order valence-corrected chi connectivity index (χ1v) is 13.6. The van der Waals surface area contributed by atoms with E-state index in [2.05, 4.69) is 90.1 Å². The second kappa shape index (κ2) is 10.0. The topological polar surface area (TPSA) is 0 Å². The Balaban J connectivity index is 1.84. The third-order valence-electron chi connectivity index (χ3n) is 8.09. The molecule has 0 aliphatic heterocycles. The van der Waals surface area contributed by atoms with Crippen LogP contribution in [0.3, 0.4) is 0 Å². The van der Waals surface area contributed by atoms with E-state index in [4.69, 9.17) is 0 Å². The highest BCUT2D eigenvalue weighted by Crippen LogP contribution is 2.60. The molecule has 0 radical (unpaired) electrons. The molecule has 0 spiro atoms. The van der Waals surface area contributed by atoms with E-state index in [9.17, 15) is 0 Å². The van der Waals surface area contributed by atoms with Crippen LogP contribution in [0.2, 0.25) is 0 Å². The predicted molar refractivity (Wildman–Crippen MR) is 146 cm³/mol. The molecule has 0 heterocycles. The number of benzene rings is 2. The molecule has 0 saturated heterocycles. The van der Waals surface area contributed by atoms with E-state index >= 15 is 0 Å². The van der Waals surface area contributed by atoms with Crippen molar-refractivity contribution in [3.8, 4) is 0 Å². The molecule has 2 aliphatic carbocycles. The summed E-state index contributed by atoms with van der Waals surface area (Å²) in [5, 5.41) is 0. The summed E-state index contributed by atoms with van der Waals surface area (Å²) >= 11 is 0. The Bertz CT molecular complexity index is 962. The molecule has 0 saturated carbocycles. The fraction of sp³-hybridized carbons (Fsp3) is 0.515. The number of hydrogen-bond donors (Lipinski definition) is 0. The van der Waals surface area contributed by atoms with Gasteiger partial charge < -0.3 is 0 Å². The third kappa shape index (κ3) is 4.27. The van der Waals surface area contributed by atoms with Gasteiger partial charge in [0.25, 0.3) is 0 Å². The Labute approximate surface area is 203 Å². The van der Waals surface area contributed by atoms with Crippen LogP contribution in [-0.4, -0.2) is 0 Å². The molecule has 0 nitrogen and oxygen atoms in total. The molecule has 2 aromatic carbocycles. The van der Waals surface area contributed by atoms with Gasteiger partial charge in [0.1, 0.15) is 0 Å². The van der Waals surface area contributed by atoms with E-state index in [0.29, 0.717) is 11.8 Å². The smallest absolute Gasteiger partial charge is 0.0118 e. The van der Waals surface area contributed by atoms with Crippen molar-refractivity contribution < 1.29 is 0 Å². The molecule has 0 amide bonds. The highest BCUT2D eigenvalue weighted by Gasteiger charge is 2.46. The minimum Gasteiger partial charge on any atom is -0.0651 e. The van der Waals surface area contributed by atoms with Crippen LogP contribution in [0.1, 0.15) is 125 Å². The van der Waals surface area contributed by atoms with Gasteiger partial charge in [-0.2, -0.15) is 0 Å². The summed E-state index contributed by atoms with van der Waals surface area (Å²) in [5.41, 5.74) is 12.8. The standard InChI is InChI=1S/C33H44/c1-7-13-23-17-11-19-27-29(23)21-25(15-9-3)31(27)33(5,6)32-26(16-10-4)22-30-24(14-8-2)18-12-20-28(30)32/h11-12,17-22,31-32H,7-10,13-16H2,1-6H3. The number of allylic oxidation sites excluding steroid dienone is 2. The van der Waals surface area contributed by atoms with Crippen LogP contribution in [0.5, 0.6) is 0 Å².